The van der Waals surface area contributed by atoms with Crippen molar-refractivity contribution in [3.05, 3.63) is 54.1 Å². The Morgan fingerprint density at radius 3 is 2.69 bits per heavy atom. The van der Waals surface area contributed by atoms with Gasteiger partial charge in [0.1, 0.15) is 0 Å². The Bertz CT molecular complexity index is 403. The lowest BCUT2D eigenvalue weighted by Crippen LogP contribution is -2.38. The smallest absolute Gasteiger partial charge is 0.0383 e. The van der Waals surface area contributed by atoms with Gasteiger partial charge in [-0.15, -0.1) is 0 Å². The van der Waals surface area contributed by atoms with E-state index in [1.54, 1.807) is 0 Å². The van der Waals surface area contributed by atoms with Crippen LogP contribution in [0, 0.1) is 0 Å². The topological polar surface area (TPSA) is 26.0 Å². The van der Waals surface area contributed by atoms with Crippen molar-refractivity contribution in [2.75, 3.05) is 0 Å². The van der Waals surface area contributed by atoms with Gasteiger partial charge < -0.3 is 5.73 Å². The molecule has 0 fully saturated rings. The van der Waals surface area contributed by atoms with E-state index in [9.17, 15) is 0 Å². The molecule has 0 heterocycles. The van der Waals surface area contributed by atoms with Crippen LogP contribution in [-0.4, -0.2) is 5.54 Å². The lowest BCUT2D eigenvalue weighted by Gasteiger charge is -2.29. The molecule has 1 aliphatic rings. The van der Waals surface area contributed by atoms with E-state index in [0.717, 1.165) is 19.3 Å². The van der Waals surface area contributed by atoms with E-state index in [-0.39, 0.29) is 5.54 Å². The third kappa shape index (κ3) is 2.42. The van der Waals surface area contributed by atoms with Gasteiger partial charge in [-0.05, 0) is 24.0 Å². The first kappa shape index (κ1) is 11.2. The second-order valence-corrected chi connectivity index (χ2v) is 4.58. The Hall–Kier alpha value is -1.34. The van der Waals surface area contributed by atoms with Crippen LogP contribution in [0.15, 0.2) is 48.6 Å². The van der Waals surface area contributed by atoms with Crippen LogP contribution in [0.3, 0.4) is 0 Å². The van der Waals surface area contributed by atoms with Crippen LogP contribution in [0.4, 0.5) is 0 Å². The van der Waals surface area contributed by atoms with Crippen LogP contribution in [0.25, 0.3) is 5.57 Å². The molecule has 0 bridgehead atoms. The first-order chi connectivity index (χ1) is 7.73. The number of allylic oxidation sites excluding steroid dienone is 2. The van der Waals surface area contributed by atoms with Gasteiger partial charge in [-0.3, -0.25) is 0 Å². The minimum Gasteiger partial charge on any atom is -0.322 e. The average molecular weight is 213 g/mol. The minimum absolute atomic E-state index is 0.144. The van der Waals surface area contributed by atoms with Gasteiger partial charge in [-0.25, -0.2) is 0 Å². The summed E-state index contributed by atoms with van der Waals surface area (Å²) in [6.45, 7) is 2.18. The largest absolute Gasteiger partial charge is 0.322 e. The maximum absolute atomic E-state index is 6.37. The predicted molar refractivity (Wildman–Crippen MR) is 70.0 cm³/mol. The summed E-state index contributed by atoms with van der Waals surface area (Å²) in [4.78, 5) is 0. The summed E-state index contributed by atoms with van der Waals surface area (Å²) in [5.41, 5.74) is 8.86. The van der Waals surface area contributed by atoms with Gasteiger partial charge in [0.2, 0.25) is 0 Å². The molecule has 0 aromatic heterocycles. The van der Waals surface area contributed by atoms with Crippen LogP contribution in [0.2, 0.25) is 0 Å². The normalized spacial score (nSPS) is 24.2. The van der Waals surface area contributed by atoms with Crippen molar-refractivity contribution in [3.8, 4) is 0 Å². The van der Waals surface area contributed by atoms with E-state index in [0.29, 0.717) is 0 Å². The Balaban J connectivity index is 2.20. The van der Waals surface area contributed by atoms with E-state index in [1.807, 2.05) is 6.07 Å². The zero-order chi connectivity index (χ0) is 11.4. The molecule has 84 valence electrons. The molecular formula is C15H19N. The van der Waals surface area contributed by atoms with Crippen molar-refractivity contribution in [3.63, 3.8) is 0 Å². The van der Waals surface area contributed by atoms with Gasteiger partial charge in [0.25, 0.3) is 0 Å². The highest BCUT2D eigenvalue weighted by molar-refractivity contribution is 5.69. The lowest BCUT2D eigenvalue weighted by molar-refractivity contribution is 0.488. The Labute approximate surface area is 97.7 Å². The summed E-state index contributed by atoms with van der Waals surface area (Å²) in [5, 5.41) is 0. The number of rotatable bonds is 3. The second kappa shape index (κ2) is 4.67. The SMILES string of the molecule is CCCC1(N)C=CC=C(c2ccccc2)C1. The van der Waals surface area contributed by atoms with Crippen LogP contribution in [0.5, 0.6) is 0 Å². The van der Waals surface area contributed by atoms with Crippen molar-refractivity contribution >= 4 is 5.57 Å². The maximum Gasteiger partial charge on any atom is 0.0383 e. The molecule has 1 aliphatic carbocycles. The van der Waals surface area contributed by atoms with Gasteiger partial charge in [0.05, 0.1) is 0 Å². The first-order valence-corrected chi connectivity index (χ1v) is 5.96. The van der Waals surface area contributed by atoms with Crippen LogP contribution >= 0.6 is 0 Å². The molecule has 0 saturated carbocycles. The van der Waals surface area contributed by atoms with Gasteiger partial charge in [-0.2, -0.15) is 0 Å². The Morgan fingerprint density at radius 1 is 1.25 bits per heavy atom. The predicted octanol–water partition coefficient (Wildman–Crippen LogP) is 3.53. The van der Waals surface area contributed by atoms with Crippen molar-refractivity contribution in [2.45, 2.75) is 31.7 Å². The van der Waals surface area contributed by atoms with Crippen LogP contribution in [0.1, 0.15) is 31.7 Å². The molecule has 1 heteroatoms. The van der Waals surface area contributed by atoms with Crippen molar-refractivity contribution in [2.24, 2.45) is 5.73 Å². The zero-order valence-corrected chi connectivity index (χ0v) is 9.82. The summed E-state index contributed by atoms with van der Waals surface area (Å²) in [6, 6.07) is 10.5. The molecule has 1 nitrogen and oxygen atoms in total. The van der Waals surface area contributed by atoms with E-state index in [4.69, 9.17) is 5.73 Å². The molecule has 2 N–H and O–H groups in total. The molecule has 0 amide bonds. The molecule has 1 aromatic carbocycles. The van der Waals surface area contributed by atoms with E-state index in [2.05, 4.69) is 49.4 Å². The molecular weight excluding hydrogens is 194 g/mol. The fourth-order valence-corrected chi connectivity index (χ4v) is 2.32. The Kier molecular flexibility index (Phi) is 3.25. The lowest BCUT2D eigenvalue weighted by atomic mass is 9.82. The van der Waals surface area contributed by atoms with Crippen LogP contribution < -0.4 is 5.73 Å². The summed E-state index contributed by atoms with van der Waals surface area (Å²) in [6.07, 6.45) is 9.54. The van der Waals surface area contributed by atoms with E-state index >= 15 is 0 Å². The minimum atomic E-state index is -0.144. The van der Waals surface area contributed by atoms with Gasteiger partial charge in [0.15, 0.2) is 0 Å². The zero-order valence-electron chi connectivity index (χ0n) is 9.82. The molecule has 0 aliphatic heterocycles. The summed E-state index contributed by atoms with van der Waals surface area (Å²) >= 11 is 0. The molecule has 2 rings (SSSR count). The number of nitrogens with two attached hydrogens (primary N) is 1. The highest BCUT2D eigenvalue weighted by atomic mass is 14.7. The summed E-state index contributed by atoms with van der Waals surface area (Å²) in [7, 11) is 0. The highest BCUT2D eigenvalue weighted by Crippen LogP contribution is 2.30. The quantitative estimate of drug-likeness (QED) is 0.816. The van der Waals surface area contributed by atoms with Gasteiger partial charge in [0, 0.05) is 5.54 Å². The van der Waals surface area contributed by atoms with Crippen molar-refractivity contribution < 1.29 is 0 Å². The third-order valence-corrected chi connectivity index (χ3v) is 3.11. The average Bonchev–Trinajstić information content (AvgIpc) is 2.30. The number of benzene rings is 1. The van der Waals surface area contributed by atoms with Crippen LogP contribution in [-0.2, 0) is 0 Å². The monoisotopic (exact) mass is 213 g/mol. The third-order valence-electron chi connectivity index (χ3n) is 3.11. The number of hydrogen-bond donors (Lipinski definition) is 1. The van der Waals surface area contributed by atoms with Gasteiger partial charge in [-0.1, -0.05) is 61.9 Å². The van der Waals surface area contributed by atoms with Crippen molar-refractivity contribution in [1.82, 2.24) is 0 Å². The summed E-state index contributed by atoms with van der Waals surface area (Å²) < 4.78 is 0. The first-order valence-electron chi connectivity index (χ1n) is 5.96. The molecule has 0 spiro atoms. The number of hydrogen-bond acceptors (Lipinski definition) is 1. The van der Waals surface area contributed by atoms with E-state index in [1.165, 1.54) is 11.1 Å². The Morgan fingerprint density at radius 2 is 2.00 bits per heavy atom. The molecule has 16 heavy (non-hydrogen) atoms. The fraction of sp³-hybridized carbons (Fsp3) is 0.333. The molecule has 0 radical (unpaired) electrons. The molecule has 1 unspecified atom stereocenters. The standard InChI is InChI=1S/C15H19N/c1-2-10-15(16)11-6-9-14(12-15)13-7-4-3-5-8-13/h3-9,11H,2,10,12,16H2,1H3. The maximum atomic E-state index is 6.37. The molecule has 1 atom stereocenters. The highest BCUT2D eigenvalue weighted by Gasteiger charge is 2.24. The molecule has 1 aromatic rings. The fourth-order valence-electron chi connectivity index (χ4n) is 2.32. The summed E-state index contributed by atoms with van der Waals surface area (Å²) in [5.74, 6) is 0. The van der Waals surface area contributed by atoms with E-state index < -0.39 is 0 Å². The molecule has 0 saturated heterocycles. The van der Waals surface area contributed by atoms with Gasteiger partial charge >= 0.3 is 0 Å². The second-order valence-electron chi connectivity index (χ2n) is 4.58. The van der Waals surface area contributed by atoms with Crippen molar-refractivity contribution in [1.29, 1.82) is 0 Å².